The summed E-state index contributed by atoms with van der Waals surface area (Å²) in [5.41, 5.74) is 4.68. The predicted octanol–water partition coefficient (Wildman–Crippen LogP) is 1.33. The minimum atomic E-state index is -0.779. The van der Waals surface area contributed by atoms with Crippen molar-refractivity contribution in [3.8, 4) is 5.75 Å². The van der Waals surface area contributed by atoms with Crippen LogP contribution >= 0.6 is 11.6 Å². The number of carbonyl (C=O) groups excluding carboxylic acids is 1. The van der Waals surface area contributed by atoms with Crippen LogP contribution in [0.15, 0.2) is 12.1 Å². The van der Waals surface area contributed by atoms with Gasteiger partial charge >= 0.3 is 0 Å². The van der Waals surface area contributed by atoms with Crippen LogP contribution in [0.2, 0.25) is 5.02 Å². The zero-order valence-corrected chi connectivity index (χ0v) is 7.31. The predicted molar refractivity (Wildman–Crippen MR) is 46.5 cm³/mol. The second-order valence-corrected chi connectivity index (χ2v) is 2.76. The van der Waals surface area contributed by atoms with E-state index in [4.69, 9.17) is 22.4 Å². The SMILES string of the molecule is NCC(=O)c1c(F)ccc(O)c1Cl. The molecule has 70 valence electrons. The van der Waals surface area contributed by atoms with Gasteiger partial charge in [-0.05, 0) is 12.1 Å². The molecular formula is C8H7ClFNO2. The second kappa shape index (κ2) is 3.72. The Morgan fingerprint density at radius 3 is 2.77 bits per heavy atom. The maximum atomic E-state index is 13.0. The number of benzene rings is 1. The Hall–Kier alpha value is -1.13. The summed E-state index contributed by atoms with van der Waals surface area (Å²) in [6, 6.07) is 2.04. The van der Waals surface area contributed by atoms with Gasteiger partial charge in [0.25, 0.3) is 0 Å². The molecule has 0 aliphatic rings. The number of hydrogen-bond donors (Lipinski definition) is 2. The number of hydrogen-bond acceptors (Lipinski definition) is 3. The van der Waals surface area contributed by atoms with Crippen molar-refractivity contribution in [2.75, 3.05) is 6.54 Å². The first kappa shape index (κ1) is 9.95. The molecule has 3 N–H and O–H groups in total. The molecule has 0 bridgehead atoms. The molecule has 0 radical (unpaired) electrons. The van der Waals surface area contributed by atoms with Crippen molar-refractivity contribution < 1.29 is 14.3 Å². The van der Waals surface area contributed by atoms with Gasteiger partial charge in [-0.15, -0.1) is 0 Å². The maximum Gasteiger partial charge on any atom is 0.180 e. The highest BCUT2D eigenvalue weighted by Gasteiger charge is 2.17. The molecule has 0 unspecified atom stereocenters. The van der Waals surface area contributed by atoms with E-state index in [0.717, 1.165) is 12.1 Å². The van der Waals surface area contributed by atoms with Gasteiger partial charge in [0, 0.05) is 0 Å². The van der Waals surface area contributed by atoms with E-state index in [1.54, 1.807) is 0 Å². The Balaban J connectivity index is 3.33. The Bertz CT molecular complexity index is 354. The minimum absolute atomic E-state index is 0.296. The summed E-state index contributed by atoms with van der Waals surface area (Å²) in [6.45, 7) is -0.347. The second-order valence-electron chi connectivity index (χ2n) is 2.38. The molecule has 1 aromatic rings. The standard InChI is InChI=1S/C8H7ClFNO2/c9-8-5(12)2-1-4(10)7(8)6(13)3-11/h1-2,12H,3,11H2. The van der Waals surface area contributed by atoms with E-state index in [0.29, 0.717) is 0 Å². The third-order valence-electron chi connectivity index (χ3n) is 1.53. The fraction of sp³-hybridized carbons (Fsp3) is 0.125. The van der Waals surface area contributed by atoms with Gasteiger partial charge in [-0.1, -0.05) is 11.6 Å². The number of phenolic OH excluding ortho intramolecular Hbond substituents is 1. The van der Waals surface area contributed by atoms with E-state index in [9.17, 15) is 9.18 Å². The van der Waals surface area contributed by atoms with Crippen molar-refractivity contribution in [2.45, 2.75) is 0 Å². The Labute approximate surface area is 78.9 Å². The Morgan fingerprint density at radius 2 is 2.23 bits per heavy atom. The first-order valence-electron chi connectivity index (χ1n) is 3.48. The summed E-state index contributed by atoms with van der Waals surface area (Å²) in [4.78, 5) is 11.0. The number of phenols is 1. The van der Waals surface area contributed by atoms with Gasteiger partial charge in [-0.3, -0.25) is 4.79 Å². The Morgan fingerprint density at radius 1 is 1.62 bits per heavy atom. The first-order chi connectivity index (χ1) is 6.07. The molecule has 0 aliphatic heterocycles. The molecule has 0 saturated heterocycles. The van der Waals surface area contributed by atoms with E-state index < -0.39 is 11.6 Å². The fourth-order valence-electron chi connectivity index (χ4n) is 0.899. The quantitative estimate of drug-likeness (QED) is 0.713. The maximum absolute atomic E-state index is 13.0. The van der Waals surface area contributed by atoms with Crippen LogP contribution in [0.4, 0.5) is 4.39 Å². The molecule has 0 atom stereocenters. The summed E-state index contributed by atoms with van der Waals surface area (Å²) in [6.07, 6.45) is 0. The van der Waals surface area contributed by atoms with Crippen molar-refractivity contribution in [1.29, 1.82) is 0 Å². The average molecular weight is 204 g/mol. The van der Waals surface area contributed by atoms with Gasteiger partial charge < -0.3 is 10.8 Å². The van der Waals surface area contributed by atoms with E-state index in [1.807, 2.05) is 0 Å². The number of rotatable bonds is 2. The smallest absolute Gasteiger partial charge is 0.180 e. The number of halogens is 2. The van der Waals surface area contributed by atoms with Crippen LogP contribution in [0.25, 0.3) is 0 Å². The van der Waals surface area contributed by atoms with Crippen LogP contribution in [0, 0.1) is 5.82 Å². The molecule has 0 heterocycles. The lowest BCUT2D eigenvalue weighted by Crippen LogP contribution is -2.15. The molecule has 5 heteroatoms. The number of nitrogens with two attached hydrogens (primary N) is 1. The van der Waals surface area contributed by atoms with Crippen LogP contribution in [0.1, 0.15) is 10.4 Å². The lowest BCUT2D eigenvalue weighted by atomic mass is 10.1. The highest BCUT2D eigenvalue weighted by molar-refractivity contribution is 6.35. The molecular weight excluding hydrogens is 197 g/mol. The van der Waals surface area contributed by atoms with Crippen LogP contribution in [-0.4, -0.2) is 17.4 Å². The molecule has 0 fully saturated rings. The molecule has 3 nitrogen and oxygen atoms in total. The van der Waals surface area contributed by atoms with E-state index >= 15 is 0 Å². The lowest BCUT2D eigenvalue weighted by molar-refractivity contribution is 0.0997. The van der Waals surface area contributed by atoms with Crippen molar-refractivity contribution in [3.63, 3.8) is 0 Å². The summed E-state index contributed by atoms with van der Waals surface area (Å²) in [7, 11) is 0. The molecule has 0 aromatic heterocycles. The van der Waals surface area contributed by atoms with Crippen molar-refractivity contribution in [2.24, 2.45) is 5.73 Å². The monoisotopic (exact) mass is 203 g/mol. The number of Topliss-reactive ketones (excluding diaryl/α,β-unsaturated/α-hetero) is 1. The van der Waals surface area contributed by atoms with E-state index in [1.165, 1.54) is 0 Å². The molecule has 0 aliphatic carbocycles. The van der Waals surface area contributed by atoms with Gasteiger partial charge in [0.2, 0.25) is 0 Å². The third kappa shape index (κ3) is 1.79. The topological polar surface area (TPSA) is 63.3 Å². The van der Waals surface area contributed by atoms with Gasteiger partial charge in [-0.25, -0.2) is 4.39 Å². The van der Waals surface area contributed by atoms with Gasteiger partial charge in [-0.2, -0.15) is 0 Å². The van der Waals surface area contributed by atoms with Crippen molar-refractivity contribution in [3.05, 3.63) is 28.5 Å². The average Bonchev–Trinajstić information content (AvgIpc) is 2.12. The lowest BCUT2D eigenvalue weighted by Gasteiger charge is -2.04. The van der Waals surface area contributed by atoms with Crippen LogP contribution in [0.5, 0.6) is 5.75 Å². The molecule has 0 amide bonds. The fourth-order valence-corrected chi connectivity index (χ4v) is 1.16. The Kier molecular flexibility index (Phi) is 2.85. The molecule has 13 heavy (non-hydrogen) atoms. The van der Waals surface area contributed by atoms with E-state index in [2.05, 4.69) is 0 Å². The molecule has 1 aromatic carbocycles. The molecule has 0 saturated carbocycles. The number of carbonyl (C=O) groups is 1. The number of aromatic hydroxyl groups is 1. The van der Waals surface area contributed by atoms with Gasteiger partial charge in [0.15, 0.2) is 5.78 Å². The third-order valence-corrected chi connectivity index (χ3v) is 1.92. The van der Waals surface area contributed by atoms with Crippen molar-refractivity contribution in [1.82, 2.24) is 0 Å². The number of ketones is 1. The first-order valence-corrected chi connectivity index (χ1v) is 3.86. The summed E-state index contributed by atoms with van der Waals surface area (Å²) in [5.74, 6) is -1.75. The zero-order valence-electron chi connectivity index (χ0n) is 6.55. The summed E-state index contributed by atoms with van der Waals surface area (Å²) in [5, 5.41) is 8.78. The normalized spacial score (nSPS) is 10.1. The minimum Gasteiger partial charge on any atom is -0.506 e. The zero-order chi connectivity index (χ0) is 10.0. The van der Waals surface area contributed by atoms with E-state index in [-0.39, 0.29) is 22.9 Å². The highest BCUT2D eigenvalue weighted by Crippen LogP contribution is 2.28. The molecule has 0 spiro atoms. The van der Waals surface area contributed by atoms with Gasteiger partial charge in [0.05, 0.1) is 17.1 Å². The highest BCUT2D eigenvalue weighted by atomic mass is 35.5. The largest absolute Gasteiger partial charge is 0.506 e. The summed E-state index contributed by atoms with van der Waals surface area (Å²) < 4.78 is 13.0. The van der Waals surface area contributed by atoms with Crippen LogP contribution in [0.3, 0.4) is 0 Å². The van der Waals surface area contributed by atoms with Crippen molar-refractivity contribution >= 4 is 17.4 Å². The van der Waals surface area contributed by atoms with Gasteiger partial charge in [0.1, 0.15) is 11.6 Å². The molecule has 1 rings (SSSR count). The van der Waals surface area contributed by atoms with Crippen LogP contribution < -0.4 is 5.73 Å². The summed E-state index contributed by atoms with van der Waals surface area (Å²) >= 11 is 5.51. The van der Waals surface area contributed by atoms with Crippen LogP contribution in [-0.2, 0) is 0 Å².